The van der Waals surface area contributed by atoms with Crippen LogP contribution >= 0.6 is 11.6 Å². The number of hydrogen-bond donors (Lipinski definition) is 1. The lowest BCUT2D eigenvalue weighted by atomic mass is 10.1. The van der Waals surface area contributed by atoms with E-state index in [9.17, 15) is 0 Å². The van der Waals surface area contributed by atoms with Crippen LogP contribution in [0.15, 0.2) is 59.3 Å². The maximum absolute atomic E-state index is 6.00. The first kappa shape index (κ1) is 11.7. The van der Waals surface area contributed by atoms with Gasteiger partial charge in [0, 0.05) is 28.4 Å². The number of aromatic nitrogens is 1. The minimum atomic E-state index is 0.415. The highest BCUT2D eigenvalue weighted by atomic mass is 35.5. The predicted molar refractivity (Wildman–Crippen MR) is 74.6 cm³/mol. The Morgan fingerprint density at radius 3 is 2.65 bits per heavy atom. The number of hydrogen-bond acceptors (Lipinski definition) is 1. The summed E-state index contributed by atoms with van der Waals surface area (Å²) in [5.74, 6) is 0. The summed E-state index contributed by atoms with van der Waals surface area (Å²) in [5.41, 5.74) is 3.36. The van der Waals surface area contributed by atoms with Gasteiger partial charge in [-0.3, -0.25) is 4.99 Å². The highest BCUT2D eigenvalue weighted by molar-refractivity contribution is 6.47. The zero-order valence-electron chi connectivity index (χ0n) is 9.63. The molecule has 2 aromatic rings. The zero-order valence-corrected chi connectivity index (χ0v) is 10.4. The first-order valence-corrected chi connectivity index (χ1v) is 5.63. The molecular weight excluding hydrogens is 232 g/mol. The van der Waals surface area contributed by atoms with Gasteiger partial charge in [0.15, 0.2) is 0 Å². The van der Waals surface area contributed by atoms with E-state index in [-0.39, 0.29) is 0 Å². The fourth-order valence-electron chi connectivity index (χ4n) is 1.73. The number of benzene rings is 1. The van der Waals surface area contributed by atoms with Gasteiger partial charge in [-0.25, -0.2) is 0 Å². The first-order chi connectivity index (χ1) is 8.09. The molecule has 0 amide bonds. The molecule has 0 spiro atoms. The van der Waals surface area contributed by atoms with Crippen LogP contribution in [0.3, 0.4) is 0 Å². The normalized spacial score (nSPS) is 11.8. The Morgan fingerprint density at radius 2 is 2.00 bits per heavy atom. The largest absolute Gasteiger partial charge is 0.360 e. The van der Waals surface area contributed by atoms with E-state index in [1.54, 1.807) is 0 Å². The first-order valence-electron chi connectivity index (χ1n) is 5.25. The summed E-state index contributed by atoms with van der Waals surface area (Å²) in [6.45, 7) is 9.35. The molecule has 0 aliphatic heterocycles. The van der Waals surface area contributed by atoms with E-state index < -0.39 is 0 Å². The molecule has 17 heavy (non-hydrogen) atoms. The van der Waals surface area contributed by atoms with Crippen LogP contribution in [0.1, 0.15) is 12.5 Å². The highest BCUT2D eigenvalue weighted by Gasteiger charge is 2.11. The van der Waals surface area contributed by atoms with Crippen molar-refractivity contribution >= 4 is 28.2 Å². The van der Waals surface area contributed by atoms with Gasteiger partial charge in [-0.2, -0.15) is 0 Å². The molecule has 2 nitrogen and oxygen atoms in total. The molecule has 1 aromatic carbocycles. The average Bonchev–Trinajstić information content (AvgIpc) is 2.69. The van der Waals surface area contributed by atoms with E-state index in [0.717, 1.165) is 16.5 Å². The molecule has 0 aliphatic carbocycles. The summed E-state index contributed by atoms with van der Waals surface area (Å²) in [7, 11) is 0. The second-order valence-corrected chi connectivity index (χ2v) is 4.30. The lowest BCUT2D eigenvalue weighted by molar-refractivity contribution is 1.32. The Kier molecular flexibility index (Phi) is 3.16. The minimum absolute atomic E-state index is 0.415. The number of H-pyrrole nitrogens is 1. The van der Waals surface area contributed by atoms with Crippen LogP contribution in [0.4, 0.5) is 0 Å². The monoisotopic (exact) mass is 244 g/mol. The van der Waals surface area contributed by atoms with Gasteiger partial charge >= 0.3 is 0 Å². The number of halogens is 1. The van der Waals surface area contributed by atoms with Gasteiger partial charge in [0.05, 0.1) is 10.7 Å². The van der Waals surface area contributed by atoms with Crippen LogP contribution in [0.25, 0.3) is 10.9 Å². The second kappa shape index (κ2) is 4.60. The number of nitrogens with zero attached hydrogens (tertiary/aromatic N) is 1. The molecule has 0 saturated carbocycles. The molecule has 0 saturated heterocycles. The van der Waals surface area contributed by atoms with Gasteiger partial charge in [0.25, 0.3) is 0 Å². The number of aromatic amines is 1. The lowest BCUT2D eigenvalue weighted by Gasteiger charge is -2.03. The van der Waals surface area contributed by atoms with Crippen molar-refractivity contribution in [1.29, 1.82) is 0 Å². The van der Waals surface area contributed by atoms with E-state index in [1.807, 2.05) is 37.4 Å². The van der Waals surface area contributed by atoms with E-state index in [1.165, 1.54) is 0 Å². The molecular formula is C14H13ClN2. The van der Waals surface area contributed by atoms with E-state index in [4.69, 9.17) is 11.6 Å². The second-order valence-electron chi connectivity index (χ2n) is 3.85. The van der Waals surface area contributed by atoms with E-state index in [0.29, 0.717) is 16.4 Å². The van der Waals surface area contributed by atoms with Crippen LogP contribution in [0.5, 0.6) is 0 Å². The Labute approximate surface area is 105 Å². The number of nitrogens with one attached hydrogen (secondary N) is 1. The number of allylic oxidation sites excluding steroid dienone is 2. The summed E-state index contributed by atoms with van der Waals surface area (Å²) >= 11 is 6.00. The van der Waals surface area contributed by atoms with E-state index >= 15 is 0 Å². The molecule has 1 aromatic heterocycles. The van der Waals surface area contributed by atoms with Crippen LogP contribution < -0.4 is 0 Å². The lowest BCUT2D eigenvalue weighted by Crippen LogP contribution is -1.99. The smallest absolute Gasteiger partial charge is 0.0906 e. The zero-order chi connectivity index (χ0) is 12.4. The highest BCUT2D eigenvalue weighted by Crippen LogP contribution is 2.22. The van der Waals surface area contributed by atoms with Crippen molar-refractivity contribution in [2.75, 3.05) is 0 Å². The Bertz CT molecular complexity index is 620. The number of rotatable bonds is 3. The molecule has 0 aliphatic rings. The van der Waals surface area contributed by atoms with Crippen molar-refractivity contribution in [3.05, 3.63) is 59.9 Å². The summed E-state index contributed by atoms with van der Waals surface area (Å²) in [4.78, 5) is 7.53. The molecule has 0 unspecified atom stereocenters. The third-order valence-electron chi connectivity index (χ3n) is 2.40. The molecule has 0 bridgehead atoms. The molecule has 1 heterocycles. The molecule has 3 heteroatoms. The molecule has 86 valence electrons. The summed E-state index contributed by atoms with van der Waals surface area (Å²) in [6, 6.07) is 7.99. The van der Waals surface area contributed by atoms with Crippen molar-refractivity contribution in [3.8, 4) is 0 Å². The van der Waals surface area contributed by atoms with Crippen molar-refractivity contribution in [1.82, 2.24) is 4.98 Å². The standard InChI is InChI=1S/C14H13ClN2/c1-9(2)17-14(10(3)15)12-8-16-13-7-5-4-6-11(12)13/h4-8,16H,1,3H2,2H3. The topological polar surface area (TPSA) is 28.1 Å². The van der Waals surface area contributed by atoms with Crippen LogP contribution in [-0.4, -0.2) is 10.7 Å². The molecule has 0 atom stereocenters. The predicted octanol–water partition coefficient (Wildman–Crippen LogP) is 4.24. The SMILES string of the molecule is C=C(C)N=C(C(=C)Cl)c1c[nH]c2ccccc12. The Hall–Kier alpha value is -1.80. The number of fused-ring (bicyclic) bond motifs is 1. The summed E-state index contributed by atoms with van der Waals surface area (Å²) in [5, 5.41) is 1.49. The number of para-hydroxylation sites is 1. The third kappa shape index (κ3) is 2.32. The average molecular weight is 245 g/mol. The van der Waals surface area contributed by atoms with Crippen molar-refractivity contribution in [2.24, 2.45) is 4.99 Å². The van der Waals surface area contributed by atoms with Crippen LogP contribution in [-0.2, 0) is 0 Å². The van der Waals surface area contributed by atoms with Gasteiger partial charge in [0.2, 0.25) is 0 Å². The molecule has 0 radical (unpaired) electrons. The Morgan fingerprint density at radius 1 is 1.29 bits per heavy atom. The molecule has 0 fully saturated rings. The van der Waals surface area contributed by atoms with Crippen molar-refractivity contribution in [3.63, 3.8) is 0 Å². The Balaban J connectivity index is 2.65. The quantitative estimate of drug-likeness (QED) is 0.783. The number of aliphatic imine (C=N–C) groups is 1. The van der Waals surface area contributed by atoms with Gasteiger partial charge < -0.3 is 4.98 Å². The van der Waals surface area contributed by atoms with Crippen LogP contribution in [0, 0.1) is 0 Å². The van der Waals surface area contributed by atoms with Gasteiger partial charge in [-0.05, 0) is 13.0 Å². The summed E-state index contributed by atoms with van der Waals surface area (Å²) in [6.07, 6.45) is 1.89. The third-order valence-corrected chi connectivity index (χ3v) is 2.58. The van der Waals surface area contributed by atoms with Crippen molar-refractivity contribution < 1.29 is 0 Å². The van der Waals surface area contributed by atoms with Crippen molar-refractivity contribution in [2.45, 2.75) is 6.92 Å². The maximum atomic E-state index is 6.00. The van der Waals surface area contributed by atoms with E-state index in [2.05, 4.69) is 23.1 Å². The van der Waals surface area contributed by atoms with Gasteiger partial charge in [0.1, 0.15) is 0 Å². The summed E-state index contributed by atoms with van der Waals surface area (Å²) < 4.78 is 0. The van der Waals surface area contributed by atoms with Crippen LogP contribution in [0.2, 0.25) is 0 Å². The van der Waals surface area contributed by atoms with Gasteiger partial charge in [-0.15, -0.1) is 0 Å². The molecule has 2 rings (SSSR count). The fraction of sp³-hybridized carbons (Fsp3) is 0.0714. The molecule has 1 N–H and O–H groups in total. The maximum Gasteiger partial charge on any atom is 0.0906 e. The van der Waals surface area contributed by atoms with Gasteiger partial charge in [-0.1, -0.05) is 43.0 Å². The minimum Gasteiger partial charge on any atom is -0.360 e. The fourth-order valence-corrected chi connectivity index (χ4v) is 1.87.